The summed E-state index contributed by atoms with van der Waals surface area (Å²) in [6, 6.07) is 2.26. The third kappa shape index (κ3) is 2.48. The zero-order chi connectivity index (χ0) is 14.1. The van der Waals surface area contributed by atoms with Crippen LogP contribution >= 0.6 is 0 Å². The Balaban J connectivity index is 3.39. The number of carboxylic acid groups (broad SMARTS) is 1. The minimum Gasteiger partial charge on any atom is -0.478 e. The number of benzene rings is 1. The molecule has 0 saturated heterocycles. The summed E-state index contributed by atoms with van der Waals surface area (Å²) in [5, 5.41) is 7.15. The highest BCUT2D eigenvalue weighted by atomic mass is 32.2. The summed E-state index contributed by atoms with van der Waals surface area (Å²) in [5.41, 5.74) is 4.09. The molecule has 0 aromatic heterocycles. The summed E-state index contributed by atoms with van der Waals surface area (Å²) in [4.78, 5) is 21.1. The largest absolute Gasteiger partial charge is 0.478 e. The van der Waals surface area contributed by atoms with Gasteiger partial charge in [0.2, 0.25) is 5.91 Å². The van der Waals surface area contributed by atoms with Crippen LogP contribution in [0.3, 0.4) is 0 Å². The minimum absolute atomic E-state index is 0.465. The fraction of sp³-hybridized carbons (Fsp3) is 0.200. The summed E-state index contributed by atoms with van der Waals surface area (Å²) in [6.45, 7) is 1.07. The fourth-order valence-electron chi connectivity index (χ4n) is 1.20. The maximum absolute atomic E-state index is 13.1. The van der Waals surface area contributed by atoms with E-state index in [1.165, 1.54) is 0 Å². The van der Waals surface area contributed by atoms with Gasteiger partial charge in [0.05, 0.1) is 10.5 Å². The van der Waals surface area contributed by atoms with Crippen molar-refractivity contribution in [1.82, 2.24) is 0 Å². The van der Waals surface area contributed by atoms with Gasteiger partial charge in [0.25, 0.3) is 0 Å². The van der Waals surface area contributed by atoms with E-state index in [2.05, 4.69) is 0 Å². The number of halogens is 1. The average Bonchev–Trinajstić information content (AvgIpc) is 2.27. The van der Waals surface area contributed by atoms with Crippen molar-refractivity contribution in [3.05, 3.63) is 29.6 Å². The van der Waals surface area contributed by atoms with Crippen LogP contribution in [0.2, 0.25) is 0 Å². The number of sulfone groups is 1. The molecule has 98 valence electrons. The van der Waals surface area contributed by atoms with E-state index in [1.807, 2.05) is 0 Å². The Labute approximate surface area is 102 Å². The van der Waals surface area contributed by atoms with E-state index in [4.69, 9.17) is 10.8 Å². The van der Waals surface area contributed by atoms with Crippen molar-refractivity contribution >= 4 is 21.7 Å². The van der Waals surface area contributed by atoms with Gasteiger partial charge in [-0.05, 0) is 25.1 Å². The molecule has 18 heavy (non-hydrogen) atoms. The zero-order valence-electron chi connectivity index (χ0n) is 9.25. The number of carbonyl (C=O) groups is 2. The Morgan fingerprint density at radius 2 is 1.94 bits per heavy atom. The smallest absolute Gasteiger partial charge is 0.338 e. The van der Waals surface area contributed by atoms with Crippen LogP contribution in [0.25, 0.3) is 0 Å². The highest BCUT2D eigenvalue weighted by molar-refractivity contribution is 7.92. The molecule has 0 aliphatic heterocycles. The highest BCUT2D eigenvalue weighted by Crippen LogP contribution is 2.19. The second kappa shape index (κ2) is 4.73. The molecule has 0 aliphatic rings. The minimum atomic E-state index is -4.12. The molecule has 0 heterocycles. The van der Waals surface area contributed by atoms with Crippen LogP contribution in [-0.4, -0.2) is 30.7 Å². The third-order valence-electron chi connectivity index (χ3n) is 2.36. The van der Waals surface area contributed by atoms with E-state index in [0.29, 0.717) is 12.1 Å². The summed E-state index contributed by atoms with van der Waals surface area (Å²) in [6.07, 6.45) is 0. The molecule has 0 aliphatic carbocycles. The lowest BCUT2D eigenvalue weighted by molar-refractivity contribution is -0.117. The molecule has 0 saturated carbocycles. The number of carbonyl (C=O) groups excluding carboxylic acids is 1. The van der Waals surface area contributed by atoms with E-state index in [-0.39, 0.29) is 0 Å². The Hall–Kier alpha value is -1.96. The van der Waals surface area contributed by atoms with E-state index in [1.54, 1.807) is 0 Å². The van der Waals surface area contributed by atoms with Crippen molar-refractivity contribution in [1.29, 1.82) is 0 Å². The molecule has 8 heteroatoms. The van der Waals surface area contributed by atoms with Crippen LogP contribution in [0, 0.1) is 5.82 Å². The second-order valence-corrected chi connectivity index (χ2v) is 5.80. The van der Waals surface area contributed by atoms with Crippen molar-refractivity contribution in [3.63, 3.8) is 0 Å². The van der Waals surface area contributed by atoms with Gasteiger partial charge in [0.15, 0.2) is 9.84 Å². The van der Waals surface area contributed by atoms with E-state index in [0.717, 1.165) is 13.0 Å². The molecule has 1 unspecified atom stereocenters. The highest BCUT2D eigenvalue weighted by Gasteiger charge is 2.29. The molecule has 3 N–H and O–H groups in total. The second-order valence-electron chi connectivity index (χ2n) is 3.54. The van der Waals surface area contributed by atoms with E-state index >= 15 is 0 Å². The van der Waals surface area contributed by atoms with Crippen molar-refractivity contribution in [2.75, 3.05) is 0 Å². The van der Waals surface area contributed by atoms with Crippen LogP contribution < -0.4 is 5.73 Å². The number of hydrogen-bond donors (Lipinski definition) is 2. The molecule has 6 nitrogen and oxygen atoms in total. The topological polar surface area (TPSA) is 115 Å². The molecule has 0 radical (unpaired) electrons. The lowest BCUT2D eigenvalue weighted by Gasteiger charge is -2.10. The maximum atomic E-state index is 13.1. The molecule has 1 amide bonds. The van der Waals surface area contributed by atoms with Crippen molar-refractivity contribution in [3.8, 4) is 0 Å². The first-order chi connectivity index (χ1) is 8.17. The van der Waals surface area contributed by atoms with Crippen LogP contribution in [-0.2, 0) is 14.6 Å². The van der Waals surface area contributed by atoms with Gasteiger partial charge in [0, 0.05) is 0 Å². The summed E-state index contributed by atoms with van der Waals surface area (Å²) < 4.78 is 36.8. The molecule has 1 aromatic rings. The number of primary amides is 1. The normalized spacial score (nSPS) is 13.0. The Morgan fingerprint density at radius 3 is 2.39 bits per heavy atom. The van der Waals surface area contributed by atoms with Crippen LogP contribution in [0.1, 0.15) is 17.3 Å². The maximum Gasteiger partial charge on any atom is 0.338 e. The standard InChI is InChI=1S/C10H10FNO5S/c1-5(9(12)13)18(16,17)6-2-3-8(11)7(4-6)10(14)15/h2-5H,1H3,(H2,12,13)(H,14,15). The van der Waals surface area contributed by atoms with Crippen molar-refractivity contribution < 1.29 is 27.5 Å². The molecular weight excluding hydrogens is 265 g/mol. The van der Waals surface area contributed by atoms with Gasteiger partial charge in [-0.2, -0.15) is 0 Å². The van der Waals surface area contributed by atoms with Gasteiger partial charge < -0.3 is 10.8 Å². The molecule has 0 spiro atoms. The molecular formula is C10H10FNO5S. The third-order valence-corrected chi connectivity index (χ3v) is 4.44. The number of carboxylic acids is 1. The lowest BCUT2D eigenvalue weighted by Crippen LogP contribution is -2.33. The summed E-state index contributed by atoms with van der Waals surface area (Å²) >= 11 is 0. The molecule has 0 fully saturated rings. The quantitative estimate of drug-likeness (QED) is 0.760. The van der Waals surface area contributed by atoms with Crippen LogP contribution in [0.15, 0.2) is 23.1 Å². The van der Waals surface area contributed by atoms with E-state index < -0.39 is 43.2 Å². The number of aromatic carboxylic acids is 1. The molecule has 1 atom stereocenters. The predicted molar refractivity (Wildman–Crippen MR) is 59.2 cm³/mol. The summed E-state index contributed by atoms with van der Waals surface area (Å²) in [5.74, 6) is -3.74. The molecule has 1 aromatic carbocycles. The van der Waals surface area contributed by atoms with Crippen molar-refractivity contribution in [2.24, 2.45) is 5.73 Å². The molecule has 0 bridgehead atoms. The number of rotatable bonds is 4. The van der Waals surface area contributed by atoms with Gasteiger partial charge in [0.1, 0.15) is 11.1 Å². The molecule has 1 rings (SSSR count). The fourth-order valence-corrected chi connectivity index (χ4v) is 2.46. The Morgan fingerprint density at radius 1 is 1.39 bits per heavy atom. The van der Waals surface area contributed by atoms with Crippen LogP contribution in [0.4, 0.5) is 4.39 Å². The Bertz CT molecular complexity index is 611. The monoisotopic (exact) mass is 275 g/mol. The number of nitrogens with two attached hydrogens (primary N) is 1. The van der Waals surface area contributed by atoms with Gasteiger partial charge in [-0.15, -0.1) is 0 Å². The lowest BCUT2D eigenvalue weighted by atomic mass is 10.2. The van der Waals surface area contributed by atoms with Gasteiger partial charge in [-0.3, -0.25) is 4.79 Å². The SMILES string of the molecule is CC(C(N)=O)S(=O)(=O)c1ccc(F)c(C(=O)O)c1. The predicted octanol–water partition coefficient (Wildman–Crippen LogP) is 0.171. The zero-order valence-corrected chi connectivity index (χ0v) is 10.1. The average molecular weight is 275 g/mol. The number of amides is 1. The first kappa shape index (κ1) is 14.1. The number of hydrogen-bond acceptors (Lipinski definition) is 4. The first-order valence-electron chi connectivity index (χ1n) is 4.74. The van der Waals surface area contributed by atoms with Gasteiger partial charge >= 0.3 is 5.97 Å². The summed E-state index contributed by atoms with van der Waals surface area (Å²) in [7, 11) is -4.12. The van der Waals surface area contributed by atoms with Crippen molar-refractivity contribution in [2.45, 2.75) is 17.1 Å². The van der Waals surface area contributed by atoms with Gasteiger partial charge in [-0.25, -0.2) is 17.6 Å². The Kier molecular flexibility index (Phi) is 3.70. The van der Waals surface area contributed by atoms with Gasteiger partial charge in [-0.1, -0.05) is 0 Å². The first-order valence-corrected chi connectivity index (χ1v) is 6.28. The van der Waals surface area contributed by atoms with Crippen LogP contribution in [0.5, 0.6) is 0 Å². The van der Waals surface area contributed by atoms with E-state index in [9.17, 15) is 22.4 Å².